The number of rotatable bonds is 6. The number of aryl methyl sites for hydroxylation is 2. The summed E-state index contributed by atoms with van der Waals surface area (Å²) in [6.07, 6.45) is 4.53. The van der Waals surface area contributed by atoms with Crippen LogP contribution in [0.25, 0.3) is 22.6 Å². The minimum absolute atomic E-state index is 0.285. The van der Waals surface area contributed by atoms with Crippen LogP contribution in [0.1, 0.15) is 40.8 Å². The molecule has 0 bridgehead atoms. The molecule has 0 atom stereocenters. The molecule has 0 saturated carbocycles. The number of unbranched alkanes of at least 4 members (excludes halogenated alkanes) is 1. The van der Waals surface area contributed by atoms with Crippen LogP contribution in [-0.2, 0) is 6.42 Å². The molecule has 4 heterocycles. The Morgan fingerprint density at radius 1 is 1.33 bits per heavy atom. The minimum Gasteiger partial charge on any atom is -0.463 e. The largest absolute Gasteiger partial charge is 0.463 e. The molecule has 0 aliphatic rings. The summed E-state index contributed by atoms with van der Waals surface area (Å²) in [5, 5.41) is 16.9. The molecule has 8 nitrogen and oxygen atoms in total. The zero-order valence-corrected chi connectivity index (χ0v) is 15.7. The minimum atomic E-state index is -0.320. The lowest BCUT2D eigenvalue weighted by atomic mass is 10.1. The van der Waals surface area contributed by atoms with E-state index < -0.39 is 0 Å². The molecule has 0 unspecified atom stereocenters. The second-order valence-corrected chi connectivity index (χ2v) is 7.10. The van der Waals surface area contributed by atoms with E-state index >= 15 is 0 Å². The molecule has 0 spiro atoms. The van der Waals surface area contributed by atoms with Gasteiger partial charge in [-0.05, 0) is 31.5 Å². The summed E-state index contributed by atoms with van der Waals surface area (Å²) in [6, 6.07) is 5.19. The van der Waals surface area contributed by atoms with E-state index in [2.05, 4.69) is 32.6 Å². The van der Waals surface area contributed by atoms with Crippen LogP contribution in [0.2, 0.25) is 0 Å². The van der Waals surface area contributed by atoms with Crippen molar-refractivity contribution >= 4 is 33.5 Å². The highest BCUT2D eigenvalue weighted by Crippen LogP contribution is 2.28. The number of amides is 1. The van der Waals surface area contributed by atoms with E-state index in [1.807, 2.05) is 0 Å². The number of furan rings is 1. The van der Waals surface area contributed by atoms with E-state index in [1.54, 1.807) is 31.4 Å². The van der Waals surface area contributed by atoms with Crippen molar-refractivity contribution in [2.75, 3.05) is 5.32 Å². The number of fused-ring (bicyclic) bond motifs is 1. The van der Waals surface area contributed by atoms with Crippen molar-refractivity contribution in [3.05, 3.63) is 40.7 Å². The van der Waals surface area contributed by atoms with Gasteiger partial charge in [0, 0.05) is 6.42 Å². The Labute approximate surface area is 158 Å². The molecular formula is C18H17N5O3S. The second-order valence-electron chi connectivity index (χ2n) is 6.04. The summed E-state index contributed by atoms with van der Waals surface area (Å²) in [6.45, 7) is 3.89. The van der Waals surface area contributed by atoms with Gasteiger partial charge in [0.25, 0.3) is 11.6 Å². The average molecular weight is 383 g/mol. The molecule has 0 aromatic carbocycles. The van der Waals surface area contributed by atoms with Gasteiger partial charge in [0.2, 0.25) is 5.13 Å². The topological polar surface area (TPSA) is 107 Å². The first-order valence-electron chi connectivity index (χ1n) is 8.60. The van der Waals surface area contributed by atoms with Crippen molar-refractivity contribution in [1.82, 2.24) is 20.3 Å². The van der Waals surface area contributed by atoms with E-state index in [0.717, 1.165) is 24.3 Å². The Morgan fingerprint density at radius 2 is 2.22 bits per heavy atom. The Kier molecular flexibility index (Phi) is 4.68. The first-order chi connectivity index (χ1) is 13.2. The van der Waals surface area contributed by atoms with Crippen molar-refractivity contribution < 1.29 is 13.7 Å². The fourth-order valence-electron chi connectivity index (χ4n) is 2.72. The highest BCUT2D eigenvalue weighted by atomic mass is 32.1. The zero-order valence-electron chi connectivity index (χ0n) is 14.9. The molecule has 1 N–H and O–H groups in total. The fraction of sp³-hybridized carbons (Fsp3) is 0.278. The van der Waals surface area contributed by atoms with Gasteiger partial charge in [-0.15, -0.1) is 10.2 Å². The molecule has 0 saturated heterocycles. The van der Waals surface area contributed by atoms with Crippen LogP contribution in [0.15, 0.2) is 33.4 Å². The fourth-order valence-corrected chi connectivity index (χ4v) is 3.50. The molecule has 4 aromatic rings. The van der Waals surface area contributed by atoms with Crippen LogP contribution in [0, 0.1) is 6.92 Å². The molecule has 4 aromatic heterocycles. The van der Waals surface area contributed by atoms with Gasteiger partial charge in [-0.25, -0.2) is 4.98 Å². The standard InChI is InChI=1S/C18H17N5O3S/c1-3-4-7-14-21-22-18(27-14)20-16(24)11-9-12(13-6-5-8-25-13)19-17-15(11)10(2)23-26-17/h5-6,8-9H,3-4,7H2,1-2H3,(H,20,22,24). The lowest BCUT2D eigenvalue weighted by Crippen LogP contribution is -2.13. The maximum atomic E-state index is 12.9. The Morgan fingerprint density at radius 3 is 3.00 bits per heavy atom. The molecule has 0 radical (unpaired) electrons. The van der Waals surface area contributed by atoms with E-state index in [1.165, 1.54) is 11.3 Å². The average Bonchev–Trinajstić information content (AvgIpc) is 3.41. The normalized spacial score (nSPS) is 11.2. The van der Waals surface area contributed by atoms with Gasteiger partial charge in [0.05, 0.1) is 22.9 Å². The van der Waals surface area contributed by atoms with Gasteiger partial charge in [-0.2, -0.15) is 0 Å². The number of hydrogen-bond acceptors (Lipinski definition) is 8. The number of anilines is 1. The molecule has 9 heteroatoms. The summed E-state index contributed by atoms with van der Waals surface area (Å²) < 4.78 is 10.7. The maximum Gasteiger partial charge on any atom is 0.259 e. The summed E-state index contributed by atoms with van der Waals surface area (Å²) in [7, 11) is 0. The van der Waals surface area contributed by atoms with E-state index in [0.29, 0.717) is 33.2 Å². The second kappa shape index (κ2) is 7.28. The smallest absolute Gasteiger partial charge is 0.259 e. The molecule has 27 heavy (non-hydrogen) atoms. The predicted octanol–water partition coefficient (Wildman–Crippen LogP) is 4.24. The van der Waals surface area contributed by atoms with Gasteiger partial charge >= 0.3 is 0 Å². The maximum absolute atomic E-state index is 12.9. The van der Waals surface area contributed by atoms with E-state index in [4.69, 9.17) is 8.94 Å². The molecule has 4 rings (SSSR count). The van der Waals surface area contributed by atoms with Gasteiger partial charge in [0.1, 0.15) is 10.7 Å². The van der Waals surface area contributed by atoms with Gasteiger partial charge < -0.3 is 8.94 Å². The number of pyridine rings is 1. The van der Waals surface area contributed by atoms with Gasteiger partial charge in [-0.3, -0.25) is 10.1 Å². The first kappa shape index (κ1) is 17.3. The number of nitrogens with one attached hydrogen (secondary N) is 1. The van der Waals surface area contributed by atoms with Crippen molar-refractivity contribution in [3.63, 3.8) is 0 Å². The SMILES string of the molecule is CCCCc1nnc(NC(=O)c2cc(-c3ccco3)nc3onc(C)c23)s1. The highest BCUT2D eigenvalue weighted by Gasteiger charge is 2.21. The van der Waals surface area contributed by atoms with Crippen molar-refractivity contribution in [1.29, 1.82) is 0 Å². The van der Waals surface area contributed by atoms with Gasteiger partial charge in [-0.1, -0.05) is 29.8 Å². The third-order valence-corrected chi connectivity index (χ3v) is 4.97. The molecule has 138 valence electrons. The first-order valence-corrected chi connectivity index (χ1v) is 9.42. The van der Waals surface area contributed by atoms with Crippen LogP contribution in [0.3, 0.4) is 0 Å². The van der Waals surface area contributed by atoms with Crippen molar-refractivity contribution in [3.8, 4) is 11.5 Å². The predicted molar refractivity (Wildman–Crippen MR) is 101 cm³/mol. The van der Waals surface area contributed by atoms with Crippen LogP contribution in [0.4, 0.5) is 5.13 Å². The summed E-state index contributed by atoms with van der Waals surface area (Å²) in [5.41, 5.74) is 1.77. The van der Waals surface area contributed by atoms with Crippen LogP contribution in [0.5, 0.6) is 0 Å². The lowest BCUT2D eigenvalue weighted by molar-refractivity contribution is 0.102. The summed E-state index contributed by atoms with van der Waals surface area (Å²) in [5.74, 6) is 0.220. The lowest BCUT2D eigenvalue weighted by Gasteiger charge is -2.05. The molecule has 0 aliphatic heterocycles. The van der Waals surface area contributed by atoms with Crippen LogP contribution in [-0.4, -0.2) is 26.2 Å². The van der Waals surface area contributed by atoms with Gasteiger partial charge in [0.15, 0.2) is 5.76 Å². The zero-order chi connectivity index (χ0) is 18.8. The molecule has 0 fully saturated rings. The Balaban J connectivity index is 1.68. The Hall–Kier alpha value is -3.07. The summed E-state index contributed by atoms with van der Waals surface area (Å²) >= 11 is 1.38. The van der Waals surface area contributed by atoms with Crippen molar-refractivity contribution in [2.24, 2.45) is 0 Å². The van der Waals surface area contributed by atoms with Crippen LogP contribution < -0.4 is 5.32 Å². The van der Waals surface area contributed by atoms with E-state index in [-0.39, 0.29) is 11.6 Å². The quantitative estimate of drug-likeness (QED) is 0.530. The number of hydrogen-bond donors (Lipinski definition) is 1. The summed E-state index contributed by atoms with van der Waals surface area (Å²) in [4.78, 5) is 17.3. The number of aromatic nitrogens is 4. The van der Waals surface area contributed by atoms with Crippen molar-refractivity contribution in [2.45, 2.75) is 33.1 Å². The third kappa shape index (κ3) is 3.45. The highest BCUT2D eigenvalue weighted by molar-refractivity contribution is 7.15. The molecule has 0 aliphatic carbocycles. The molecule has 1 amide bonds. The number of carbonyl (C=O) groups is 1. The number of nitrogens with zero attached hydrogens (tertiary/aromatic N) is 4. The monoisotopic (exact) mass is 383 g/mol. The third-order valence-electron chi connectivity index (χ3n) is 4.07. The van der Waals surface area contributed by atoms with Crippen LogP contribution >= 0.6 is 11.3 Å². The number of carbonyl (C=O) groups excluding carboxylic acids is 1. The van der Waals surface area contributed by atoms with E-state index in [9.17, 15) is 4.79 Å². The molecular weight excluding hydrogens is 366 g/mol. The Bertz CT molecular complexity index is 1080.